The fourth-order valence-corrected chi connectivity index (χ4v) is 8.24. The molecule has 4 N–H and O–H groups in total. The second-order valence-corrected chi connectivity index (χ2v) is 14.8. The molecule has 0 saturated carbocycles. The number of carbonyl (C=O) groups is 3. The van der Waals surface area contributed by atoms with Crippen molar-refractivity contribution in [2.24, 2.45) is 0 Å². The number of benzene rings is 4. The van der Waals surface area contributed by atoms with Gasteiger partial charge in [-0.3, -0.25) is 9.59 Å². The third-order valence-corrected chi connectivity index (χ3v) is 11.1. The van der Waals surface area contributed by atoms with Gasteiger partial charge in [0.2, 0.25) is 5.91 Å². The SMILES string of the molecule is CN(C)c1ccc(C(=O)N2CCC[C@H]2c2ncc(-c3ccc(-c4ccc(N5C=CNC5[C@@H]5CCCN5C(=O)[C@H](NC(=O)O)c5ccccc5)cc4)cc3)[nH]2)cc1. The molecule has 3 amide bonds. The van der Waals surface area contributed by atoms with E-state index in [-0.39, 0.29) is 30.1 Å². The summed E-state index contributed by atoms with van der Waals surface area (Å²) in [7, 11) is 3.97. The van der Waals surface area contributed by atoms with Crippen LogP contribution in [0.4, 0.5) is 16.2 Å². The molecule has 4 aromatic carbocycles. The van der Waals surface area contributed by atoms with E-state index in [0.29, 0.717) is 24.2 Å². The highest BCUT2D eigenvalue weighted by atomic mass is 16.4. The molecule has 56 heavy (non-hydrogen) atoms. The predicted octanol–water partition coefficient (Wildman–Crippen LogP) is 6.99. The van der Waals surface area contributed by atoms with Crippen LogP contribution in [0.3, 0.4) is 0 Å². The number of carboxylic acid groups (broad SMARTS) is 1. The van der Waals surface area contributed by atoms with Gasteiger partial charge < -0.3 is 40.3 Å². The molecule has 0 bridgehead atoms. The van der Waals surface area contributed by atoms with Gasteiger partial charge in [0, 0.05) is 56.5 Å². The fraction of sp³-hybridized carbons (Fsp3) is 0.273. The van der Waals surface area contributed by atoms with Crippen LogP contribution in [0, 0.1) is 0 Å². The van der Waals surface area contributed by atoms with E-state index in [9.17, 15) is 19.5 Å². The topological polar surface area (TPSA) is 137 Å². The number of hydrogen-bond acceptors (Lipinski definition) is 7. The maximum atomic E-state index is 13.9. The van der Waals surface area contributed by atoms with Crippen molar-refractivity contribution in [1.82, 2.24) is 30.4 Å². The number of imidazole rings is 1. The van der Waals surface area contributed by atoms with Crippen molar-refractivity contribution < 1.29 is 19.5 Å². The molecule has 12 nitrogen and oxygen atoms in total. The average molecular weight is 751 g/mol. The lowest BCUT2D eigenvalue weighted by atomic mass is 10.0. The molecular weight excluding hydrogens is 705 g/mol. The van der Waals surface area contributed by atoms with Gasteiger partial charge in [0.15, 0.2) is 0 Å². The third kappa shape index (κ3) is 7.29. The third-order valence-electron chi connectivity index (χ3n) is 11.1. The van der Waals surface area contributed by atoms with Crippen molar-refractivity contribution in [2.75, 3.05) is 37.0 Å². The largest absolute Gasteiger partial charge is 0.465 e. The van der Waals surface area contributed by atoms with E-state index in [1.807, 2.05) is 77.7 Å². The van der Waals surface area contributed by atoms with Crippen LogP contribution in [0.1, 0.15) is 59.5 Å². The summed E-state index contributed by atoms with van der Waals surface area (Å²) in [6.45, 7) is 1.26. The number of H-pyrrole nitrogens is 1. The highest BCUT2D eigenvalue weighted by Crippen LogP contribution is 2.35. The summed E-state index contributed by atoms with van der Waals surface area (Å²) in [5, 5.41) is 15.4. The lowest BCUT2D eigenvalue weighted by Crippen LogP contribution is -2.55. The fourth-order valence-electron chi connectivity index (χ4n) is 8.24. The summed E-state index contributed by atoms with van der Waals surface area (Å²) in [6, 6.07) is 32.2. The molecule has 1 aromatic heterocycles. The van der Waals surface area contributed by atoms with E-state index >= 15 is 0 Å². The van der Waals surface area contributed by atoms with Gasteiger partial charge in [0.25, 0.3) is 5.91 Å². The van der Waals surface area contributed by atoms with E-state index in [4.69, 9.17) is 4.98 Å². The lowest BCUT2D eigenvalue weighted by Gasteiger charge is -2.37. The van der Waals surface area contributed by atoms with Crippen LogP contribution in [0.15, 0.2) is 122 Å². The van der Waals surface area contributed by atoms with Crippen LogP contribution in [0.2, 0.25) is 0 Å². The lowest BCUT2D eigenvalue weighted by molar-refractivity contribution is -0.134. The highest BCUT2D eigenvalue weighted by molar-refractivity contribution is 5.95. The molecular formula is C44H46N8O4. The highest BCUT2D eigenvalue weighted by Gasteiger charge is 2.41. The number of nitrogens with zero attached hydrogens (tertiary/aromatic N) is 5. The van der Waals surface area contributed by atoms with Gasteiger partial charge in [-0.1, -0.05) is 66.7 Å². The summed E-state index contributed by atoms with van der Waals surface area (Å²) in [6.07, 6.45) is 7.72. The molecule has 8 rings (SSSR count). The van der Waals surface area contributed by atoms with Crippen molar-refractivity contribution in [1.29, 1.82) is 0 Å². The Bertz CT molecular complexity index is 2200. The summed E-state index contributed by atoms with van der Waals surface area (Å²) >= 11 is 0. The van der Waals surface area contributed by atoms with E-state index in [2.05, 4.69) is 69.0 Å². The van der Waals surface area contributed by atoms with E-state index < -0.39 is 12.1 Å². The first-order valence-corrected chi connectivity index (χ1v) is 19.2. The minimum absolute atomic E-state index is 0.0248. The number of rotatable bonds is 10. The first-order valence-electron chi connectivity index (χ1n) is 19.2. The van der Waals surface area contributed by atoms with Crippen LogP contribution >= 0.6 is 0 Å². The van der Waals surface area contributed by atoms with Crippen LogP contribution in [-0.2, 0) is 4.79 Å². The Labute approximate surface area is 326 Å². The minimum atomic E-state index is -1.24. The number of likely N-dealkylation sites (tertiary alicyclic amines) is 2. The first-order chi connectivity index (χ1) is 27.2. The molecule has 0 aliphatic carbocycles. The van der Waals surface area contributed by atoms with Gasteiger partial charge in [-0.2, -0.15) is 0 Å². The van der Waals surface area contributed by atoms with E-state index in [0.717, 1.165) is 65.3 Å². The van der Waals surface area contributed by atoms with Gasteiger partial charge in [-0.05, 0) is 84.3 Å². The van der Waals surface area contributed by atoms with Crippen LogP contribution in [0.25, 0.3) is 22.4 Å². The Balaban J connectivity index is 0.930. The average Bonchev–Trinajstić information content (AvgIpc) is 4.07. The minimum Gasteiger partial charge on any atom is -0.465 e. The van der Waals surface area contributed by atoms with Gasteiger partial charge in [-0.25, -0.2) is 9.78 Å². The smallest absolute Gasteiger partial charge is 0.405 e. The van der Waals surface area contributed by atoms with Crippen molar-refractivity contribution in [2.45, 2.75) is 50.0 Å². The van der Waals surface area contributed by atoms with Crippen LogP contribution < -0.4 is 20.4 Å². The standard InChI is InChI=1S/C44H46N8O4/c1-49(2)34-20-18-33(19-21-34)42(53)51-25-6-10-37(51)40-46-28-36(47-40)31-14-12-29(13-15-31)30-16-22-35(23-17-30)50-27-24-45-41(50)38-11-7-26-52(38)43(54)39(48-44(55)56)32-8-4-3-5-9-32/h3-5,8-9,12-24,27-28,37-39,41,45,48H,6-7,10-11,25-26H2,1-2H3,(H,46,47)(H,55,56)/t37-,38-,39+,41?/m0/s1. The Morgan fingerprint density at radius 2 is 1.48 bits per heavy atom. The zero-order chi connectivity index (χ0) is 38.8. The Morgan fingerprint density at radius 3 is 2.18 bits per heavy atom. The molecule has 4 heterocycles. The number of amides is 3. The molecule has 3 aliphatic rings. The van der Waals surface area contributed by atoms with E-state index in [1.165, 1.54) is 0 Å². The second-order valence-electron chi connectivity index (χ2n) is 14.8. The summed E-state index contributed by atoms with van der Waals surface area (Å²) in [5.74, 6) is 0.575. The zero-order valence-corrected chi connectivity index (χ0v) is 31.5. The van der Waals surface area contributed by atoms with E-state index in [1.54, 1.807) is 24.3 Å². The van der Waals surface area contributed by atoms with Crippen molar-refractivity contribution in [3.63, 3.8) is 0 Å². The number of carbonyl (C=O) groups excluding carboxylic acids is 2. The quantitative estimate of drug-likeness (QED) is 0.120. The van der Waals surface area contributed by atoms with Crippen molar-refractivity contribution >= 4 is 29.3 Å². The summed E-state index contributed by atoms with van der Waals surface area (Å²) < 4.78 is 0. The Morgan fingerprint density at radius 1 is 0.821 bits per heavy atom. The molecule has 1 unspecified atom stereocenters. The summed E-state index contributed by atoms with van der Waals surface area (Å²) in [5.41, 5.74) is 7.40. The van der Waals surface area contributed by atoms with Crippen molar-refractivity contribution in [3.05, 3.63) is 139 Å². The molecule has 286 valence electrons. The number of nitrogens with one attached hydrogen (secondary N) is 3. The molecule has 12 heteroatoms. The number of hydrogen-bond donors (Lipinski definition) is 4. The number of aromatic nitrogens is 2. The Hall–Kier alpha value is -6.56. The van der Waals surface area contributed by atoms with Gasteiger partial charge in [0.1, 0.15) is 18.0 Å². The van der Waals surface area contributed by atoms with Gasteiger partial charge in [0.05, 0.1) is 24.0 Å². The molecule has 0 spiro atoms. The first kappa shape index (κ1) is 36.4. The molecule has 3 aliphatic heterocycles. The number of aromatic amines is 1. The molecule has 0 radical (unpaired) electrons. The van der Waals surface area contributed by atoms with Crippen molar-refractivity contribution in [3.8, 4) is 22.4 Å². The normalized spacial score (nSPS) is 19.5. The predicted molar refractivity (Wildman–Crippen MR) is 217 cm³/mol. The monoisotopic (exact) mass is 750 g/mol. The van der Waals surface area contributed by atoms with Crippen LogP contribution in [-0.4, -0.2) is 82.2 Å². The molecule has 2 fully saturated rings. The molecule has 4 atom stereocenters. The maximum absolute atomic E-state index is 13.9. The molecule has 2 saturated heterocycles. The zero-order valence-electron chi connectivity index (χ0n) is 31.5. The van der Waals surface area contributed by atoms with Gasteiger partial charge >= 0.3 is 6.09 Å². The van der Waals surface area contributed by atoms with Gasteiger partial charge in [-0.15, -0.1) is 0 Å². The number of anilines is 2. The second kappa shape index (κ2) is 15.7. The summed E-state index contributed by atoms with van der Waals surface area (Å²) in [4.78, 5) is 55.2. The maximum Gasteiger partial charge on any atom is 0.405 e. The van der Waals surface area contributed by atoms with Crippen LogP contribution in [0.5, 0.6) is 0 Å². The molecule has 5 aromatic rings. The Kier molecular flexibility index (Phi) is 10.2.